The quantitative estimate of drug-likeness (QED) is 0.530. The Morgan fingerprint density at radius 3 is 2.66 bits per heavy atom. The molecule has 0 saturated carbocycles. The Morgan fingerprint density at radius 2 is 2.03 bits per heavy atom. The van der Waals surface area contributed by atoms with Crippen molar-refractivity contribution in [2.75, 3.05) is 26.2 Å². The molecule has 0 bridgehead atoms. The van der Waals surface area contributed by atoms with Crippen LogP contribution in [0.4, 0.5) is 0 Å². The highest BCUT2D eigenvalue weighted by molar-refractivity contribution is 9.10. The van der Waals surface area contributed by atoms with Crippen molar-refractivity contribution in [1.29, 1.82) is 0 Å². The first kappa shape index (κ1) is 24.9. The van der Waals surface area contributed by atoms with E-state index in [1.165, 1.54) is 19.2 Å². The number of aromatic nitrogens is 1. The molecule has 3 rings (SSSR count). The predicted octanol–water partition coefficient (Wildman–Crippen LogP) is 3.56. The molecular weight excluding hydrogens is 522 g/mol. The van der Waals surface area contributed by atoms with Gasteiger partial charge in [-0.2, -0.15) is 8.42 Å². The third kappa shape index (κ3) is 6.41. The number of hydrogen-bond acceptors (Lipinski definition) is 6. The van der Waals surface area contributed by atoms with Crippen LogP contribution in [0, 0.1) is 0 Å². The fourth-order valence-corrected chi connectivity index (χ4v) is 4.59. The lowest BCUT2D eigenvalue weighted by Gasteiger charge is -2.39. The fraction of sp³-hybridized carbons (Fsp3) is 0.429. The molecule has 0 aliphatic carbocycles. The molecule has 8 nitrogen and oxygen atoms in total. The molecule has 1 unspecified atom stereocenters. The summed E-state index contributed by atoms with van der Waals surface area (Å²) < 4.78 is 38.7. The molecule has 2 heterocycles. The molecule has 1 N–H and O–H groups in total. The van der Waals surface area contributed by atoms with E-state index in [9.17, 15) is 17.8 Å². The number of ether oxygens (including phenoxy) is 1. The first-order chi connectivity index (χ1) is 15.0. The third-order valence-electron chi connectivity index (χ3n) is 5.41. The molecule has 1 aliphatic rings. The molecule has 11 heteroatoms. The SMILES string of the molecule is CC(c1cc(Br)cnc1OCC(=O)N1CCN(Cc2ccc(Cl)cc2)C[C@H]1C)S(=O)(=O)O. The highest BCUT2D eigenvalue weighted by atomic mass is 79.9. The van der Waals surface area contributed by atoms with Crippen molar-refractivity contribution < 1.29 is 22.5 Å². The van der Waals surface area contributed by atoms with E-state index in [0.29, 0.717) is 16.0 Å². The maximum Gasteiger partial charge on any atom is 0.271 e. The number of hydrogen-bond donors (Lipinski definition) is 1. The molecule has 2 aromatic rings. The molecule has 1 aromatic carbocycles. The zero-order chi connectivity index (χ0) is 23.5. The maximum absolute atomic E-state index is 12.8. The van der Waals surface area contributed by atoms with Gasteiger partial charge in [-0.15, -0.1) is 0 Å². The Bertz CT molecular complexity index is 1070. The van der Waals surface area contributed by atoms with Crippen molar-refractivity contribution in [2.24, 2.45) is 0 Å². The molecule has 1 aromatic heterocycles. The lowest BCUT2D eigenvalue weighted by molar-refractivity contribution is -0.138. The van der Waals surface area contributed by atoms with E-state index in [0.717, 1.165) is 25.2 Å². The van der Waals surface area contributed by atoms with E-state index in [1.54, 1.807) is 4.90 Å². The van der Waals surface area contributed by atoms with Crippen LogP contribution >= 0.6 is 27.5 Å². The molecule has 1 aliphatic heterocycles. The van der Waals surface area contributed by atoms with Crippen molar-refractivity contribution >= 4 is 43.6 Å². The van der Waals surface area contributed by atoms with Gasteiger partial charge in [0.1, 0.15) is 5.25 Å². The average molecular weight is 547 g/mol. The van der Waals surface area contributed by atoms with E-state index in [-0.39, 0.29) is 30.0 Å². The summed E-state index contributed by atoms with van der Waals surface area (Å²) in [5, 5.41) is -0.542. The largest absolute Gasteiger partial charge is 0.467 e. The summed E-state index contributed by atoms with van der Waals surface area (Å²) >= 11 is 9.18. The van der Waals surface area contributed by atoms with Gasteiger partial charge in [0.25, 0.3) is 16.0 Å². The number of halogens is 2. The van der Waals surface area contributed by atoms with E-state index in [4.69, 9.17) is 16.3 Å². The molecule has 1 fully saturated rings. The highest BCUT2D eigenvalue weighted by Gasteiger charge is 2.29. The van der Waals surface area contributed by atoms with Crippen LogP contribution in [-0.2, 0) is 21.5 Å². The smallest absolute Gasteiger partial charge is 0.271 e. The monoisotopic (exact) mass is 545 g/mol. The number of piperazine rings is 1. The van der Waals surface area contributed by atoms with Crippen LogP contribution in [0.15, 0.2) is 41.0 Å². The molecule has 1 saturated heterocycles. The van der Waals surface area contributed by atoms with Crippen LogP contribution in [0.1, 0.15) is 30.2 Å². The molecule has 1 amide bonds. The Balaban J connectivity index is 1.60. The Kier molecular flexibility index (Phi) is 8.16. The van der Waals surface area contributed by atoms with Crippen LogP contribution in [-0.4, -0.2) is 65.9 Å². The fourth-order valence-electron chi connectivity index (χ4n) is 3.62. The lowest BCUT2D eigenvalue weighted by atomic mass is 10.1. The summed E-state index contributed by atoms with van der Waals surface area (Å²) in [5.41, 5.74) is 1.34. The summed E-state index contributed by atoms with van der Waals surface area (Å²) in [6.07, 6.45) is 1.44. The van der Waals surface area contributed by atoms with Crippen molar-refractivity contribution in [2.45, 2.75) is 31.7 Å². The number of amides is 1. The molecule has 174 valence electrons. The van der Waals surface area contributed by atoms with Gasteiger partial charge in [0.15, 0.2) is 6.61 Å². The van der Waals surface area contributed by atoms with E-state index >= 15 is 0 Å². The van der Waals surface area contributed by atoms with Crippen molar-refractivity contribution in [3.8, 4) is 5.88 Å². The molecule has 0 radical (unpaired) electrons. The second-order valence-electron chi connectivity index (χ2n) is 7.79. The first-order valence-corrected chi connectivity index (χ1v) is 12.7. The minimum absolute atomic E-state index is 0.000650. The van der Waals surface area contributed by atoms with Crippen LogP contribution < -0.4 is 4.74 Å². The van der Waals surface area contributed by atoms with Crippen LogP contribution in [0.25, 0.3) is 0 Å². The molecule has 2 atom stereocenters. The van der Waals surface area contributed by atoms with E-state index < -0.39 is 15.4 Å². The zero-order valence-electron chi connectivity index (χ0n) is 17.7. The maximum atomic E-state index is 12.8. The number of nitrogens with zero attached hydrogens (tertiary/aromatic N) is 3. The standard InChI is InChI=1S/C21H25BrClN3O5S/c1-14-11-25(12-16-3-5-18(23)6-4-16)7-8-26(14)20(27)13-31-21-19(9-17(22)10-24-21)15(2)32(28,29)30/h3-6,9-10,14-15H,7-8,11-13H2,1-2H3,(H,28,29,30)/t14-,15?/m1/s1. The Hall–Kier alpha value is -1.72. The van der Waals surface area contributed by atoms with Gasteiger partial charge in [-0.05, 0) is 53.5 Å². The van der Waals surface area contributed by atoms with Gasteiger partial charge < -0.3 is 9.64 Å². The van der Waals surface area contributed by atoms with Gasteiger partial charge in [-0.1, -0.05) is 23.7 Å². The van der Waals surface area contributed by atoms with Crippen molar-refractivity contribution in [3.63, 3.8) is 0 Å². The van der Waals surface area contributed by atoms with Crippen molar-refractivity contribution in [1.82, 2.24) is 14.8 Å². The van der Waals surface area contributed by atoms with Gasteiger partial charge in [0.05, 0.1) is 0 Å². The number of rotatable bonds is 7. The number of carbonyl (C=O) groups excluding carboxylic acids is 1. The van der Waals surface area contributed by atoms with Crippen LogP contribution in [0.5, 0.6) is 5.88 Å². The van der Waals surface area contributed by atoms with E-state index in [1.807, 2.05) is 31.2 Å². The van der Waals surface area contributed by atoms with Gasteiger partial charge >= 0.3 is 0 Å². The molecular formula is C21H25BrClN3O5S. The Morgan fingerprint density at radius 1 is 1.34 bits per heavy atom. The average Bonchev–Trinajstić information content (AvgIpc) is 2.73. The van der Waals surface area contributed by atoms with E-state index in [2.05, 4.69) is 25.8 Å². The zero-order valence-corrected chi connectivity index (χ0v) is 20.9. The number of carbonyl (C=O) groups is 1. The van der Waals surface area contributed by atoms with Gasteiger partial charge in [-0.3, -0.25) is 14.2 Å². The lowest BCUT2D eigenvalue weighted by Crippen LogP contribution is -2.54. The second kappa shape index (κ2) is 10.5. The van der Waals surface area contributed by atoms with Gasteiger partial charge in [0, 0.05) is 53.5 Å². The van der Waals surface area contributed by atoms with Crippen molar-refractivity contribution in [3.05, 3.63) is 57.2 Å². The number of benzene rings is 1. The van der Waals surface area contributed by atoms with Crippen LogP contribution in [0.2, 0.25) is 5.02 Å². The minimum Gasteiger partial charge on any atom is -0.467 e. The molecule has 32 heavy (non-hydrogen) atoms. The summed E-state index contributed by atoms with van der Waals surface area (Å²) in [5.74, 6) is -0.209. The minimum atomic E-state index is -4.35. The van der Waals surface area contributed by atoms with Crippen LogP contribution in [0.3, 0.4) is 0 Å². The summed E-state index contributed by atoms with van der Waals surface area (Å²) in [6.45, 7) is 5.81. The van der Waals surface area contributed by atoms with Gasteiger partial charge in [0.2, 0.25) is 5.88 Å². The first-order valence-electron chi connectivity index (χ1n) is 10.1. The summed E-state index contributed by atoms with van der Waals surface area (Å²) in [4.78, 5) is 20.9. The molecule has 0 spiro atoms. The van der Waals surface area contributed by atoms with Gasteiger partial charge in [-0.25, -0.2) is 4.98 Å². The number of pyridine rings is 1. The summed E-state index contributed by atoms with van der Waals surface area (Å²) in [7, 11) is -4.35. The summed E-state index contributed by atoms with van der Waals surface area (Å²) in [6, 6.07) is 9.21. The predicted molar refractivity (Wildman–Crippen MR) is 125 cm³/mol. The topological polar surface area (TPSA) is 100 Å². The highest BCUT2D eigenvalue weighted by Crippen LogP contribution is 2.30. The third-order valence-corrected chi connectivity index (χ3v) is 7.25. The Labute approximate surface area is 201 Å². The second-order valence-corrected chi connectivity index (χ2v) is 10.9. The normalized spacial score (nSPS) is 18.4.